The van der Waals surface area contributed by atoms with Crippen LogP contribution >= 0.6 is 0 Å². The number of aliphatic hydroxyl groups excluding tert-OH is 1. The van der Waals surface area contributed by atoms with Gasteiger partial charge < -0.3 is 24.3 Å². The second-order valence-electron chi connectivity index (χ2n) is 4.35. The van der Waals surface area contributed by atoms with Crippen molar-refractivity contribution in [1.82, 2.24) is 5.32 Å². The molecular weight excluding hydrogens is 258 g/mol. The Morgan fingerprint density at radius 3 is 2.85 bits per heavy atom. The van der Waals surface area contributed by atoms with Gasteiger partial charge in [0.2, 0.25) is 0 Å². The Balaban J connectivity index is 1.67. The van der Waals surface area contributed by atoms with Gasteiger partial charge in [0, 0.05) is 12.6 Å². The summed E-state index contributed by atoms with van der Waals surface area (Å²) in [7, 11) is 1.60. The van der Waals surface area contributed by atoms with Gasteiger partial charge in [-0.3, -0.25) is 0 Å². The van der Waals surface area contributed by atoms with Gasteiger partial charge in [0.1, 0.15) is 30.0 Å². The van der Waals surface area contributed by atoms with Crippen molar-refractivity contribution >= 4 is 0 Å². The fourth-order valence-corrected chi connectivity index (χ4v) is 1.72. The van der Waals surface area contributed by atoms with E-state index < -0.39 is 6.10 Å². The summed E-state index contributed by atoms with van der Waals surface area (Å²) in [5.41, 5.74) is 0. The largest absolute Gasteiger partial charge is 0.497 e. The lowest BCUT2D eigenvalue weighted by molar-refractivity contribution is 0.105. The van der Waals surface area contributed by atoms with Gasteiger partial charge in [-0.05, 0) is 24.3 Å². The molecule has 1 aromatic carbocycles. The van der Waals surface area contributed by atoms with E-state index in [0.717, 1.165) is 11.5 Å². The number of benzene rings is 1. The first-order valence-corrected chi connectivity index (χ1v) is 6.46. The Morgan fingerprint density at radius 2 is 2.10 bits per heavy atom. The van der Waals surface area contributed by atoms with Crippen molar-refractivity contribution < 1.29 is 19.0 Å². The van der Waals surface area contributed by atoms with Crippen molar-refractivity contribution in [1.29, 1.82) is 0 Å². The smallest absolute Gasteiger partial charge is 0.123 e. The molecule has 0 aliphatic heterocycles. The van der Waals surface area contributed by atoms with Crippen LogP contribution in [-0.4, -0.2) is 31.5 Å². The number of methoxy groups -OCH3 is 1. The van der Waals surface area contributed by atoms with E-state index in [-0.39, 0.29) is 6.61 Å². The zero-order chi connectivity index (χ0) is 14.2. The van der Waals surface area contributed by atoms with Crippen LogP contribution in [0, 0.1) is 0 Å². The van der Waals surface area contributed by atoms with E-state index in [1.165, 1.54) is 0 Å². The maximum Gasteiger partial charge on any atom is 0.123 e. The number of aliphatic hydroxyl groups is 1. The third kappa shape index (κ3) is 4.60. The van der Waals surface area contributed by atoms with E-state index in [9.17, 15) is 5.11 Å². The molecule has 1 heterocycles. The zero-order valence-electron chi connectivity index (χ0n) is 11.4. The van der Waals surface area contributed by atoms with Crippen molar-refractivity contribution in [2.24, 2.45) is 0 Å². The highest BCUT2D eigenvalue weighted by molar-refractivity contribution is 5.32. The molecule has 1 atom stereocenters. The van der Waals surface area contributed by atoms with Crippen molar-refractivity contribution in [2.75, 3.05) is 20.3 Å². The number of furan rings is 1. The molecule has 0 bridgehead atoms. The highest BCUT2D eigenvalue weighted by atomic mass is 16.5. The molecule has 0 radical (unpaired) electrons. The number of nitrogens with one attached hydrogen (secondary N) is 1. The molecule has 0 saturated heterocycles. The first-order valence-electron chi connectivity index (χ1n) is 6.46. The van der Waals surface area contributed by atoms with Crippen LogP contribution in [0.25, 0.3) is 0 Å². The third-order valence-corrected chi connectivity index (χ3v) is 2.74. The van der Waals surface area contributed by atoms with Crippen LogP contribution in [0.1, 0.15) is 5.76 Å². The van der Waals surface area contributed by atoms with Crippen LogP contribution < -0.4 is 14.8 Å². The molecular formula is C15H19NO4. The maximum atomic E-state index is 9.82. The second kappa shape index (κ2) is 7.57. The first-order chi connectivity index (χ1) is 9.78. The van der Waals surface area contributed by atoms with E-state index in [2.05, 4.69) is 5.32 Å². The molecule has 5 nitrogen and oxygen atoms in total. The molecule has 108 valence electrons. The summed E-state index contributed by atoms with van der Waals surface area (Å²) in [6.45, 7) is 1.24. The van der Waals surface area contributed by atoms with E-state index in [4.69, 9.17) is 13.9 Å². The molecule has 0 amide bonds. The van der Waals surface area contributed by atoms with Crippen molar-refractivity contribution in [2.45, 2.75) is 12.6 Å². The molecule has 2 N–H and O–H groups in total. The number of hydrogen-bond donors (Lipinski definition) is 2. The molecule has 2 aromatic rings. The van der Waals surface area contributed by atoms with Gasteiger partial charge in [0.25, 0.3) is 0 Å². The Hall–Kier alpha value is -1.98. The molecule has 20 heavy (non-hydrogen) atoms. The summed E-state index contributed by atoms with van der Waals surface area (Å²) in [6.07, 6.45) is 1.04. The van der Waals surface area contributed by atoms with Gasteiger partial charge in [0.05, 0.1) is 19.9 Å². The Morgan fingerprint density at radius 1 is 1.25 bits per heavy atom. The van der Waals surface area contributed by atoms with E-state index in [0.29, 0.717) is 18.8 Å². The standard InChI is InChI=1S/C15H19NO4/c1-18-13-4-2-5-14(8-13)20-11-12(17)9-16-10-15-6-3-7-19-15/h2-8,12,16-17H,9-11H2,1H3/t12-/m1/s1. The van der Waals surface area contributed by atoms with Crippen LogP contribution in [0.15, 0.2) is 47.1 Å². The molecule has 5 heteroatoms. The maximum absolute atomic E-state index is 9.82. The fraction of sp³-hybridized carbons (Fsp3) is 0.333. The summed E-state index contributed by atoms with van der Waals surface area (Å²) in [5, 5.41) is 12.9. The summed E-state index contributed by atoms with van der Waals surface area (Å²) >= 11 is 0. The van der Waals surface area contributed by atoms with Crippen molar-refractivity contribution in [3.8, 4) is 11.5 Å². The topological polar surface area (TPSA) is 63.9 Å². The molecule has 0 aliphatic carbocycles. The molecule has 1 aromatic heterocycles. The number of hydrogen-bond acceptors (Lipinski definition) is 5. The highest BCUT2D eigenvalue weighted by Gasteiger charge is 2.06. The number of ether oxygens (including phenoxy) is 2. The van der Waals surface area contributed by atoms with Gasteiger partial charge in [-0.2, -0.15) is 0 Å². The van der Waals surface area contributed by atoms with Crippen LogP contribution in [0.2, 0.25) is 0 Å². The number of rotatable bonds is 8. The lowest BCUT2D eigenvalue weighted by Gasteiger charge is -2.13. The van der Waals surface area contributed by atoms with Gasteiger partial charge in [-0.1, -0.05) is 6.07 Å². The molecule has 0 spiro atoms. The lowest BCUT2D eigenvalue weighted by Crippen LogP contribution is -2.31. The average Bonchev–Trinajstić information content (AvgIpc) is 2.98. The van der Waals surface area contributed by atoms with Gasteiger partial charge in [-0.25, -0.2) is 0 Å². The first kappa shape index (κ1) is 14.4. The molecule has 0 unspecified atom stereocenters. The summed E-state index contributed by atoms with van der Waals surface area (Å²) in [4.78, 5) is 0. The molecule has 0 aliphatic rings. The van der Waals surface area contributed by atoms with Crippen LogP contribution in [0.4, 0.5) is 0 Å². The Bertz CT molecular complexity index is 498. The minimum atomic E-state index is -0.587. The second-order valence-corrected chi connectivity index (χ2v) is 4.35. The van der Waals surface area contributed by atoms with E-state index in [1.54, 1.807) is 19.4 Å². The summed E-state index contributed by atoms with van der Waals surface area (Å²) in [6, 6.07) is 11.0. The summed E-state index contributed by atoms with van der Waals surface area (Å²) in [5.74, 6) is 2.24. The molecule has 0 saturated carbocycles. The van der Waals surface area contributed by atoms with Gasteiger partial charge in [0.15, 0.2) is 0 Å². The zero-order valence-corrected chi connectivity index (χ0v) is 11.4. The van der Waals surface area contributed by atoms with Crippen LogP contribution in [0.5, 0.6) is 11.5 Å². The normalized spacial score (nSPS) is 12.1. The Kier molecular flexibility index (Phi) is 5.46. The SMILES string of the molecule is COc1cccc(OC[C@H](O)CNCc2ccco2)c1. The van der Waals surface area contributed by atoms with Crippen molar-refractivity contribution in [3.63, 3.8) is 0 Å². The van der Waals surface area contributed by atoms with Crippen molar-refractivity contribution in [3.05, 3.63) is 48.4 Å². The predicted octanol–water partition coefficient (Wildman–Crippen LogP) is 1.82. The quantitative estimate of drug-likeness (QED) is 0.770. The monoisotopic (exact) mass is 277 g/mol. The highest BCUT2D eigenvalue weighted by Crippen LogP contribution is 2.18. The van der Waals surface area contributed by atoms with E-state index in [1.807, 2.05) is 30.3 Å². The molecule has 0 fully saturated rings. The Labute approximate surface area is 118 Å². The summed E-state index contributed by atoms with van der Waals surface area (Å²) < 4.78 is 15.8. The van der Waals surface area contributed by atoms with Crippen LogP contribution in [0.3, 0.4) is 0 Å². The fourth-order valence-electron chi connectivity index (χ4n) is 1.72. The van der Waals surface area contributed by atoms with Gasteiger partial charge in [-0.15, -0.1) is 0 Å². The van der Waals surface area contributed by atoms with E-state index >= 15 is 0 Å². The lowest BCUT2D eigenvalue weighted by atomic mass is 10.3. The molecule has 2 rings (SSSR count). The minimum absolute atomic E-state index is 0.221. The predicted molar refractivity (Wildman–Crippen MR) is 74.9 cm³/mol. The average molecular weight is 277 g/mol. The van der Waals surface area contributed by atoms with Gasteiger partial charge >= 0.3 is 0 Å². The van der Waals surface area contributed by atoms with Crippen LogP contribution in [-0.2, 0) is 6.54 Å². The minimum Gasteiger partial charge on any atom is -0.497 e. The third-order valence-electron chi connectivity index (χ3n) is 2.74.